The van der Waals surface area contributed by atoms with Crippen molar-refractivity contribution >= 4 is 35.0 Å². The van der Waals surface area contributed by atoms with Crippen LogP contribution in [-0.4, -0.2) is 45.6 Å². The first-order chi connectivity index (χ1) is 15.4. The molecule has 8 nitrogen and oxygen atoms in total. The second kappa shape index (κ2) is 11.0. The summed E-state index contributed by atoms with van der Waals surface area (Å²) < 4.78 is 5.98. The molecule has 3 aromatic rings. The first-order valence-corrected chi connectivity index (χ1v) is 11.6. The SMILES string of the molecule is CCOc1c(Nc2cc(C)[nH]n2)nc(Sc2ccc(CC(C)=O)cc2)nc1N(CC)CC. The third kappa shape index (κ3) is 6.00. The van der Waals surface area contributed by atoms with Crippen molar-refractivity contribution in [2.75, 3.05) is 29.9 Å². The molecule has 2 aromatic heterocycles. The fraction of sp³-hybridized carbons (Fsp3) is 0.391. The van der Waals surface area contributed by atoms with E-state index < -0.39 is 0 Å². The molecule has 0 unspecified atom stereocenters. The van der Waals surface area contributed by atoms with Crippen LogP contribution in [0.4, 0.5) is 17.5 Å². The molecule has 0 aliphatic rings. The van der Waals surface area contributed by atoms with Gasteiger partial charge >= 0.3 is 0 Å². The van der Waals surface area contributed by atoms with Gasteiger partial charge in [0.2, 0.25) is 5.75 Å². The van der Waals surface area contributed by atoms with Crippen LogP contribution in [0.25, 0.3) is 0 Å². The second-order valence-electron chi connectivity index (χ2n) is 7.30. The van der Waals surface area contributed by atoms with Gasteiger partial charge in [0.15, 0.2) is 22.6 Å². The summed E-state index contributed by atoms with van der Waals surface area (Å²) in [4.78, 5) is 24.1. The van der Waals surface area contributed by atoms with E-state index in [1.165, 1.54) is 11.8 Å². The van der Waals surface area contributed by atoms with Crippen molar-refractivity contribution in [1.29, 1.82) is 0 Å². The highest BCUT2D eigenvalue weighted by molar-refractivity contribution is 7.99. The maximum absolute atomic E-state index is 11.4. The average Bonchev–Trinajstić information content (AvgIpc) is 3.17. The number of rotatable bonds is 11. The highest BCUT2D eigenvalue weighted by Gasteiger charge is 2.21. The molecule has 2 N–H and O–H groups in total. The number of carbonyl (C=O) groups is 1. The number of hydrogen-bond donors (Lipinski definition) is 2. The summed E-state index contributed by atoms with van der Waals surface area (Å²) in [5.74, 6) is 2.74. The fourth-order valence-corrected chi connectivity index (χ4v) is 3.99. The van der Waals surface area contributed by atoms with Gasteiger partial charge in [-0.25, -0.2) is 9.97 Å². The quantitative estimate of drug-likeness (QED) is 0.400. The smallest absolute Gasteiger partial charge is 0.205 e. The van der Waals surface area contributed by atoms with Crippen LogP contribution in [0.3, 0.4) is 0 Å². The van der Waals surface area contributed by atoms with Crippen molar-refractivity contribution in [2.24, 2.45) is 0 Å². The maximum Gasteiger partial charge on any atom is 0.205 e. The van der Waals surface area contributed by atoms with Gasteiger partial charge in [-0.2, -0.15) is 5.10 Å². The standard InChI is InChI=1S/C23H30N6O2S/c1-6-29(7-2)22-20(31-8-3)21(24-19-13-15(4)27-28-19)25-23(26-22)32-18-11-9-17(10-12-18)14-16(5)30/h9-13H,6-8,14H2,1-5H3,(H2,24,25,26,27,28). The van der Waals surface area contributed by atoms with Gasteiger partial charge in [0.05, 0.1) is 6.61 Å². The minimum Gasteiger partial charge on any atom is -0.487 e. The minimum absolute atomic E-state index is 0.147. The Morgan fingerprint density at radius 1 is 1.16 bits per heavy atom. The van der Waals surface area contributed by atoms with Gasteiger partial charge in [0.1, 0.15) is 5.78 Å². The van der Waals surface area contributed by atoms with Crippen molar-refractivity contribution in [3.8, 4) is 5.75 Å². The van der Waals surface area contributed by atoms with E-state index in [0.717, 1.165) is 35.1 Å². The number of aromatic nitrogens is 4. The average molecular weight is 455 g/mol. The second-order valence-corrected chi connectivity index (χ2v) is 8.34. The Morgan fingerprint density at radius 3 is 2.44 bits per heavy atom. The van der Waals surface area contributed by atoms with E-state index >= 15 is 0 Å². The van der Waals surface area contributed by atoms with E-state index in [4.69, 9.17) is 14.7 Å². The van der Waals surface area contributed by atoms with Crippen LogP contribution in [0.5, 0.6) is 5.75 Å². The number of ketones is 1. The number of anilines is 3. The number of nitrogens with one attached hydrogen (secondary N) is 2. The van der Waals surface area contributed by atoms with E-state index in [2.05, 4.69) is 34.3 Å². The van der Waals surface area contributed by atoms with Gasteiger partial charge in [-0.1, -0.05) is 12.1 Å². The van der Waals surface area contributed by atoms with Gasteiger partial charge in [-0.05, 0) is 64.1 Å². The molecule has 32 heavy (non-hydrogen) atoms. The number of ether oxygens (including phenoxy) is 1. The zero-order valence-electron chi connectivity index (χ0n) is 19.2. The Morgan fingerprint density at radius 2 is 1.88 bits per heavy atom. The summed E-state index contributed by atoms with van der Waals surface area (Å²) in [6.45, 7) is 11.7. The minimum atomic E-state index is 0.147. The van der Waals surface area contributed by atoms with Crippen LogP contribution in [0, 0.1) is 6.92 Å². The largest absolute Gasteiger partial charge is 0.487 e. The maximum atomic E-state index is 11.4. The predicted molar refractivity (Wildman–Crippen MR) is 128 cm³/mol. The highest BCUT2D eigenvalue weighted by Crippen LogP contribution is 2.38. The number of nitrogens with zero attached hydrogens (tertiary/aromatic N) is 4. The van der Waals surface area contributed by atoms with E-state index in [-0.39, 0.29) is 5.78 Å². The molecule has 0 saturated heterocycles. The molecule has 0 amide bonds. The Bertz CT molecular complexity index is 1050. The first-order valence-electron chi connectivity index (χ1n) is 10.8. The van der Waals surface area contributed by atoms with Crippen molar-refractivity contribution in [3.05, 3.63) is 41.6 Å². The number of H-pyrrole nitrogens is 1. The molecule has 1 aromatic carbocycles. The summed E-state index contributed by atoms with van der Waals surface area (Å²) in [7, 11) is 0. The van der Waals surface area contributed by atoms with Gasteiger partial charge in [0, 0.05) is 36.2 Å². The lowest BCUT2D eigenvalue weighted by molar-refractivity contribution is -0.116. The lowest BCUT2D eigenvalue weighted by Crippen LogP contribution is -2.24. The number of benzene rings is 1. The van der Waals surface area contributed by atoms with Crippen LogP contribution in [0.15, 0.2) is 40.4 Å². The molecule has 3 rings (SSSR count). The zero-order chi connectivity index (χ0) is 23.1. The number of aromatic amines is 1. The zero-order valence-corrected chi connectivity index (χ0v) is 20.0. The van der Waals surface area contributed by atoms with Crippen molar-refractivity contribution in [1.82, 2.24) is 20.2 Å². The van der Waals surface area contributed by atoms with Gasteiger partial charge in [-0.3, -0.25) is 9.89 Å². The molecule has 170 valence electrons. The monoisotopic (exact) mass is 454 g/mol. The van der Waals surface area contributed by atoms with Gasteiger partial charge in [0.25, 0.3) is 0 Å². The van der Waals surface area contributed by atoms with E-state index in [0.29, 0.717) is 35.6 Å². The van der Waals surface area contributed by atoms with Crippen LogP contribution in [0.2, 0.25) is 0 Å². The Kier molecular flexibility index (Phi) is 8.10. The molecule has 0 saturated carbocycles. The third-order valence-electron chi connectivity index (χ3n) is 4.72. The number of aryl methyl sites for hydroxylation is 1. The number of carbonyl (C=O) groups excluding carboxylic acids is 1. The molecule has 0 spiro atoms. The van der Waals surface area contributed by atoms with E-state index in [9.17, 15) is 4.79 Å². The molecule has 9 heteroatoms. The van der Waals surface area contributed by atoms with Gasteiger partial charge in [-0.15, -0.1) is 0 Å². The first kappa shape index (κ1) is 23.6. The molecule has 0 bridgehead atoms. The molecule has 2 heterocycles. The van der Waals surface area contributed by atoms with Crippen LogP contribution in [0.1, 0.15) is 39.0 Å². The number of Topliss-reactive ketones (excluding diaryl/α,β-unsaturated/α-hetero) is 1. The molecule has 0 aliphatic heterocycles. The van der Waals surface area contributed by atoms with E-state index in [1.807, 2.05) is 44.2 Å². The summed E-state index contributed by atoms with van der Waals surface area (Å²) in [5, 5.41) is 11.1. The molecule has 0 radical (unpaired) electrons. The fourth-order valence-electron chi connectivity index (χ4n) is 3.24. The predicted octanol–water partition coefficient (Wildman–Crippen LogP) is 4.78. The third-order valence-corrected chi connectivity index (χ3v) is 5.59. The normalized spacial score (nSPS) is 10.8. The summed E-state index contributed by atoms with van der Waals surface area (Å²) in [6.07, 6.45) is 0.438. The van der Waals surface area contributed by atoms with Crippen molar-refractivity contribution in [2.45, 2.75) is 51.1 Å². The van der Waals surface area contributed by atoms with E-state index in [1.54, 1.807) is 6.92 Å². The Balaban J connectivity index is 1.99. The summed E-state index contributed by atoms with van der Waals surface area (Å²) >= 11 is 1.47. The molecule has 0 fully saturated rings. The molecular weight excluding hydrogens is 424 g/mol. The lowest BCUT2D eigenvalue weighted by atomic mass is 10.1. The molecule has 0 atom stereocenters. The summed E-state index contributed by atoms with van der Waals surface area (Å²) in [6, 6.07) is 9.83. The van der Waals surface area contributed by atoms with Gasteiger partial charge < -0.3 is 15.0 Å². The Labute approximate surface area is 193 Å². The van der Waals surface area contributed by atoms with Crippen LogP contribution in [-0.2, 0) is 11.2 Å². The topological polar surface area (TPSA) is 96.0 Å². The van der Waals surface area contributed by atoms with Crippen LogP contribution >= 0.6 is 11.8 Å². The molecular formula is C23H30N6O2S. The lowest BCUT2D eigenvalue weighted by Gasteiger charge is -2.24. The summed E-state index contributed by atoms with van der Waals surface area (Å²) in [5.41, 5.74) is 1.94. The number of hydrogen-bond acceptors (Lipinski definition) is 8. The van der Waals surface area contributed by atoms with Crippen LogP contribution < -0.4 is 15.0 Å². The molecule has 0 aliphatic carbocycles. The van der Waals surface area contributed by atoms with Crippen molar-refractivity contribution < 1.29 is 9.53 Å². The Hall–Kier alpha value is -3.07. The van der Waals surface area contributed by atoms with Crippen molar-refractivity contribution in [3.63, 3.8) is 0 Å². The highest BCUT2D eigenvalue weighted by atomic mass is 32.2.